The molecule has 3 rings (SSSR count). The first-order valence-corrected chi connectivity index (χ1v) is 15.6. The number of para-hydroxylation sites is 1. The highest BCUT2D eigenvalue weighted by Gasteiger charge is 2.36. The molecule has 0 saturated carbocycles. The van der Waals surface area contributed by atoms with Crippen LogP contribution in [0, 0.1) is 0 Å². The lowest BCUT2D eigenvalue weighted by Crippen LogP contribution is -2.43. The van der Waals surface area contributed by atoms with Crippen molar-refractivity contribution in [2.24, 2.45) is 5.73 Å². The number of rotatable bonds is 6. The summed E-state index contributed by atoms with van der Waals surface area (Å²) in [7, 11) is -1.60. The number of halogens is 1. The molecule has 10 heteroatoms. The Morgan fingerprint density at radius 3 is 2.59 bits per heavy atom. The largest absolute Gasteiger partial charge is 0.416 e. The minimum atomic E-state index is -1.60. The van der Waals surface area contributed by atoms with Gasteiger partial charge in [0, 0.05) is 37.7 Å². The van der Waals surface area contributed by atoms with Crippen LogP contribution in [-0.2, 0) is 14.0 Å². The number of piperidine rings is 1. The summed E-state index contributed by atoms with van der Waals surface area (Å²) in [5, 5.41) is 2.78. The van der Waals surface area contributed by atoms with Crippen LogP contribution in [0.25, 0.3) is 6.08 Å². The van der Waals surface area contributed by atoms with Gasteiger partial charge in [-0.3, -0.25) is 14.9 Å². The molecule has 2 fully saturated rings. The molecule has 1 atom stereocenters. The normalized spacial score (nSPS) is 20.1. The second-order valence-corrected chi connectivity index (χ2v) is 16.2. The van der Waals surface area contributed by atoms with Crippen LogP contribution in [0.15, 0.2) is 23.1 Å². The number of carbonyl (C=O) groups is 3. The number of carbonyl (C=O) groups excluding carboxylic acids is 3. The van der Waals surface area contributed by atoms with Gasteiger partial charge in [-0.2, -0.15) is 0 Å². The molecule has 2 amide bonds. The molecular weight excluding hydrogens is 490 g/mol. The molecule has 0 bridgehead atoms. The Hall–Kier alpha value is -1.65. The van der Waals surface area contributed by atoms with Gasteiger partial charge in [0.25, 0.3) is 11.1 Å². The molecule has 2 heterocycles. The quantitative estimate of drug-likeness (QED) is 0.228. The van der Waals surface area contributed by atoms with E-state index < -0.39 is 8.32 Å². The number of thioether (sulfide) groups is 1. The van der Waals surface area contributed by atoms with Crippen molar-refractivity contribution in [1.29, 1.82) is 0 Å². The molecule has 1 aromatic carbocycles. The molecule has 34 heavy (non-hydrogen) atoms. The Kier molecular flexibility index (Phi) is 10.4. The van der Waals surface area contributed by atoms with E-state index in [0.29, 0.717) is 23.0 Å². The summed E-state index contributed by atoms with van der Waals surface area (Å²) in [5.41, 5.74) is 7.76. The van der Waals surface area contributed by atoms with Crippen molar-refractivity contribution in [2.45, 2.75) is 64.2 Å². The smallest absolute Gasteiger partial charge is 0.290 e. The Morgan fingerprint density at radius 1 is 1.32 bits per heavy atom. The van der Waals surface area contributed by atoms with Gasteiger partial charge in [-0.1, -0.05) is 44.5 Å². The fourth-order valence-electron chi connectivity index (χ4n) is 3.34. The van der Waals surface area contributed by atoms with Crippen molar-refractivity contribution in [3.05, 3.63) is 33.7 Å². The van der Waals surface area contributed by atoms with Crippen molar-refractivity contribution in [2.75, 3.05) is 24.6 Å². The van der Waals surface area contributed by atoms with E-state index in [1.807, 2.05) is 18.2 Å². The number of anilines is 1. The van der Waals surface area contributed by atoms with Crippen molar-refractivity contribution in [3.8, 4) is 0 Å². The molecule has 1 aromatic rings. The third kappa shape index (κ3) is 7.95. The molecule has 0 aromatic heterocycles. The van der Waals surface area contributed by atoms with E-state index in [4.69, 9.17) is 21.8 Å². The maximum atomic E-state index is 11.7. The molecule has 2 saturated heterocycles. The van der Waals surface area contributed by atoms with Crippen LogP contribution in [0.3, 0.4) is 0 Å². The van der Waals surface area contributed by atoms with Crippen LogP contribution < -0.4 is 16.0 Å². The van der Waals surface area contributed by atoms with E-state index >= 15 is 0 Å². The Labute approximate surface area is 212 Å². The maximum Gasteiger partial charge on any atom is 0.290 e. The van der Waals surface area contributed by atoms with E-state index in [1.165, 1.54) is 0 Å². The summed E-state index contributed by atoms with van der Waals surface area (Å²) < 4.78 is 5.74. The zero-order valence-corrected chi connectivity index (χ0v) is 23.2. The van der Waals surface area contributed by atoms with Gasteiger partial charge >= 0.3 is 0 Å². The second-order valence-electron chi connectivity index (χ2n) is 9.94. The Morgan fingerprint density at radius 2 is 2.03 bits per heavy atom. The zero-order valence-electron chi connectivity index (χ0n) is 20.7. The third-order valence-electron chi connectivity index (χ3n) is 6.23. The van der Waals surface area contributed by atoms with Gasteiger partial charge < -0.3 is 19.9 Å². The lowest BCUT2D eigenvalue weighted by molar-refractivity contribution is -0.115. The maximum absolute atomic E-state index is 11.7. The highest BCUT2D eigenvalue weighted by Crippen LogP contribution is 2.37. The molecule has 188 valence electrons. The topological polar surface area (TPSA) is 102 Å². The van der Waals surface area contributed by atoms with E-state index in [0.717, 1.165) is 55.2 Å². The molecule has 7 nitrogen and oxygen atoms in total. The highest BCUT2D eigenvalue weighted by atomic mass is 35.5. The number of nitrogens with zero attached hydrogens (tertiary/aromatic N) is 1. The monoisotopic (exact) mass is 525 g/mol. The molecule has 2 aliphatic rings. The predicted molar refractivity (Wildman–Crippen MR) is 144 cm³/mol. The van der Waals surface area contributed by atoms with Gasteiger partial charge in [-0.05, 0) is 54.9 Å². The lowest BCUT2D eigenvalue weighted by Gasteiger charge is -2.35. The summed E-state index contributed by atoms with van der Waals surface area (Å²) >= 11 is 7.28. The number of hydrogen-bond acceptors (Lipinski definition) is 7. The molecular formula is C24H36ClN3O4SSi. The molecule has 3 N–H and O–H groups in total. The van der Waals surface area contributed by atoms with Gasteiger partial charge in [-0.15, -0.1) is 0 Å². The molecule has 0 aliphatic carbocycles. The summed E-state index contributed by atoms with van der Waals surface area (Å²) in [5.74, 6) is -0.365. The standard InChI is InChI=1S/C15H16ClN3O2S.C9H20O2Si/c16-11-5-1-3-9(7-12-14(20)18-15(21)22-12)13(11)19-6-2-4-10(17)8-19;1-9(2,3)12(4,5)11-8-6-7-10/h1,3,5,7,10H,2,4,6,8,17H2,(H,18,20,21);7H,6,8H2,1-5H3/b12-7-;/t10-;/m1./s1. The first kappa shape index (κ1) is 28.6. The van der Waals surface area contributed by atoms with Gasteiger partial charge in [0.05, 0.1) is 15.6 Å². The van der Waals surface area contributed by atoms with Crippen LogP contribution in [0.2, 0.25) is 23.2 Å². The number of hydrogen-bond donors (Lipinski definition) is 2. The Balaban J connectivity index is 0.000000292. The summed E-state index contributed by atoms with van der Waals surface area (Å²) in [4.78, 5) is 35.6. The number of imide groups is 1. The Bertz CT molecular complexity index is 933. The number of amides is 2. The van der Waals surface area contributed by atoms with Gasteiger partial charge in [0.15, 0.2) is 8.32 Å². The van der Waals surface area contributed by atoms with Crippen LogP contribution >= 0.6 is 23.4 Å². The minimum Gasteiger partial charge on any atom is -0.416 e. The van der Waals surface area contributed by atoms with Gasteiger partial charge in [0.1, 0.15) is 6.29 Å². The van der Waals surface area contributed by atoms with Crippen LogP contribution in [0.5, 0.6) is 0 Å². The van der Waals surface area contributed by atoms with Crippen molar-refractivity contribution >= 4 is 60.9 Å². The van der Waals surface area contributed by atoms with Crippen LogP contribution in [-0.4, -0.2) is 51.5 Å². The molecule has 0 unspecified atom stereocenters. The van der Waals surface area contributed by atoms with E-state index in [2.05, 4.69) is 44.1 Å². The van der Waals surface area contributed by atoms with E-state index in [-0.39, 0.29) is 22.2 Å². The number of nitrogens with two attached hydrogens (primary N) is 1. The van der Waals surface area contributed by atoms with E-state index in [1.54, 1.807) is 6.08 Å². The number of aldehydes is 1. The summed E-state index contributed by atoms with van der Waals surface area (Å²) in [6.07, 6.45) is 5.16. The fourth-order valence-corrected chi connectivity index (χ4v) is 5.37. The first-order valence-electron chi connectivity index (χ1n) is 11.5. The average molecular weight is 526 g/mol. The first-order chi connectivity index (χ1) is 15.9. The fraction of sp³-hybridized carbons (Fsp3) is 0.542. The van der Waals surface area contributed by atoms with E-state index in [9.17, 15) is 14.4 Å². The summed E-state index contributed by atoms with van der Waals surface area (Å²) in [6.45, 7) is 13.2. The van der Waals surface area contributed by atoms with Crippen LogP contribution in [0.1, 0.15) is 45.6 Å². The average Bonchev–Trinajstić information content (AvgIpc) is 3.04. The lowest BCUT2D eigenvalue weighted by atomic mass is 10.0. The van der Waals surface area contributed by atoms with Crippen LogP contribution in [0.4, 0.5) is 10.5 Å². The zero-order chi connectivity index (χ0) is 25.5. The molecule has 0 spiro atoms. The minimum absolute atomic E-state index is 0.122. The van der Waals surface area contributed by atoms with Gasteiger partial charge in [0.2, 0.25) is 0 Å². The van der Waals surface area contributed by atoms with Crippen molar-refractivity contribution in [3.63, 3.8) is 0 Å². The molecule has 0 radical (unpaired) electrons. The SMILES string of the molecule is CC(C)(C)[Si](C)(C)OCCC=O.N[C@@H]1CCCN(c2c(Cl)cccc2/C=C2\SC(=O)NC2=O)C1. The van der Waals surface area contributed by atoms with Crippen molar-refractivity contribution < 1.29 is 18.8 Å². The number of nitrogens with one attached hydrogen (secondary N) is 1. The predicted octanol–water partition coefficient (Wildman–Crippen LogP) is 5.19. The van der Waals surface area contributed by atoms with Gasteiger partial charge in [-0.25, -0.2) is 0 Å². The van der Waals surface area contributed by atoms with Crippen molar-refractivity contribution in [1.82, 2.24) is 5.32 Å². The number of benzene rings is 1. The second kappa shape index (κ2) is 12.4. The third-order valence-corrected chi connectivity index (χ3v) is 11.9. The summed E-state index contributed by atoms with van der Waals surface area (Å²) in [6, 6.07) is 5.68. The highest BCUT2D eigenvalue weighted by molar-refractivity contribution is 8.18. The molecule has 2 aliphatic heterocycles.